The Balaban J connectivity index is 1.32. The molecule has 0 atom stereocenters. The van der Waals surface area contributed by atoms with Gasteiger partial charge in [-0.2, -0.15) is 5.10 Å². The quantitative estimate of drug-likeness (QED) is 0.418. The summed E-state index contributed by atoms with van der Waals surface area (Å²) in [7, 11) is 0. The summed E-state index contributed by atoms with van der Waals surface area (Å²) in [5.74, 6) is 0.0247. The van der Waals surface area contributed by atoms with Gasteiger partial charge in [0.15, 0.2) is 0 Å². The van der Waals surface area contributed by atoms with Gasteiger partial charge in [0.25, 0.3) is 0 Å². The summed E-state index contributed by atoms with van der Waals surface area (Å²) in [6, 6.07) is 22.4. The van der Waals surface area contributed by atoms with Gasteiger partial charge in [-0.05, 0) is 49.4 Å². The molecule has 6 nitrogen and oxygen atoms in total. The van der Waals surface area contributed by atoms with Crippen molar-refractivity contribution in [1.29, 1.82) is 0 Å². The number of amides is 1. The van der Waals surface area contributed by atoms with Crippen molar-refractivity contribution in [2.75, 3.05) is 31.1 Å². The molecule has 2 aromatic carbocycles. The van der Waals surface area contributed by atoms with E-state index in [1.165, 1.54) is 11.3 Å². The average Bonchev–Trinajstić information content (AvgIpc) is 3.33. The Labute approximate surface area is 199 Å². The van der Waals surface area contributed by atoms with E-state index in [9.17, 15) is 4.79 Å². The lowest BCUT2D eigenvalue weighted by Crippen LogP contribution is -2.48. The van der Waals surface area contributed by atoms with E-state index in [2.05, 4.69) is 41.1 Å². The van der Waals surface area contributed by atoms with Gasteiger partial charge in [-0.25, -0.2) is 4.68 Å². The number of benzene rings is 2. The molecule has 0 saturated carbocycles. The number of hydrogen-bond acceptors (Lipinski definition) is 4. The van der Waals surface area contributed by atoms with Crippen LogP contribution in [-0.4, -0.2) is 51.8 Å². The normalized spacial score (nSPS) is 14.0. The molecule has 1 saturated heterocycles. The number of aromatic nitrogens is 3. The third kappa shape index (κ3) is 4.76. The molecule has 0 radical (unpaired) electrons. The molecule has 0 unspecified atom stereocenters. The van der Waals surface area contributed by atoms with Gasteiger partial charge in [0.05, 0.1) is 5.69 Å². The topological polar surface area (TPSA) is 54.3 Å². The van der Waals surface area contributed by atoms with Crippen LogP contribution in [0.1, 0.15) is 11.1 Å². The average molecular weight is 450 g/mol. The van der Waals surface area contributed by atoms with Crippen molar-refractivity contribution in [3.8, 4) is 16.9 Å². The third-order valence-corrected chi connectivity index (χ3v) is 6.11. The van der Waals surface area contributed by atoms with Gasteiger partial charge in [0.1, 0.15) is 5.69 Å². The summed E-state index contributed by atoms with van der Waals surface area (Å²) in [5.41, 5.74) is 6.11. The minimum atomic E-state index is 0.0247. The number of piperazine rings is 1. The van der Waals surface area contributed by atoms with Gasteiger partial charge in [0, 0.05) is 67.7 Å². The summed E-state index contributed by atoms with van der Waals surface area (Å²) in [5, 5.41) is 4.80. The van der Waals surface area contributed by atoms with Gasteiger partial charge in [-0.3, -0.25) is 9.78 Å². The van der Waals surface area contributed by atoms with Crippen LogP contribution in [0, 0.1) is 6.92 Å². The molecule has 3 heterocycles. The van der Waals surface area contributed by atoms with Crippen LogP contribution in [0.4, 0.5) is 5.69 Å². The van der Waals surface area contributed by atoms with Gasteiger partial charge >= 0.3 is 0 Å². The molecule has 1 amide bonds. The minimum absolute atomic E-state index is 0.0247. The van der Waals surface area contributed by atoms with Crippen molar-refractivity contribution >= 4 is 17.7 Å². The fourth-order valence-electron chi connectivity index (χ4n) is 4.16. The van der Waals surface area contributed by atoms with E-state index in [0.717, 1.165) is 35.6 Å². The molecule has 5 rings (SSSR count). The summed E-state index contributed by atoms with van der Waals surface area (Å²) >= 11 is 0. The molecule has 6 heteroatoms. The number of aryl methyl sites for hydroxylation is 1. The lowest BCUT2D eigenvalue weighted by Gasteiger charge is -2.35. The van der Waals surface area contributed by atoms with E-state index in [0.29, 0.717) is 13.1 Å². The SMILES string of the molecule is Cc1ccc(N2CCN(C(=O)/C=C/c3cn(-c4ccccc4)nc3-c3ccncc3)CC2)cc1. The lowest BCUT2D eigenvalue weighted by atomic mass is 10.1. The summed E-state index contributed by atoms with van der Waals surface area (Å²) in [4.78, 5) is 21.3. The molecule has 1 aliphatic rings. The Morgan fingerprint density at radius 1 is 0.853 bits per heavy atom. The smallest absolute Gasteiger partial charge is 0.246 e. The van der Waals surface area contributed by atoms with Crippen molar-refractivity contribution < 1.29 is 4.79 Å². The number of anilines is 1. The lowest BCUT2D eigenvalue weighted by molar-refractivity contribution is -0.126. The molecule has 0 spiro atoms. The van der Waals surface area contributed by atoms with Crippen molar-refractivity contribution in [2.24, 2.45) is 0 Å². The zero-order valence-corrected chi connectivity index (χ0v) is 19.2. The van der Waals surface area contributed by atoms with Crippen LogP contribution >= 0.6 is 0 Å². The van der Waals surface area contributed by atoms with Crippen molar-refractivity contribution in [2.45, 2.75) is 6.92 Å². The third-order valence-electron chi connectivity index (χ3n) is 6.11. The van der Waals surface area contributed by atoms with Crippen LogP contribution in [-0.2, 0) is 4.79 Å². The van der Waals surface area contributed by atoms with E-state index >= 15 is 0 Å². The first kappa shape index (κ1) is 21.6. The molecule has 4 aromatic rings. The minimum Gasteiger partial charge on any atom is -0.368 e. The van der Waals surface area contributed by atoms with Gasteiger partial charge in [0.2, 0.25) is 5.91 Å². The van der Waals surface area contributed by atoms with E-state index in [1.54, 1.807) is 18.5 Å². The maximum Gasteiger partial charge on any atom is 0.246 e. The Morgan fingerprint density at radius 2 is 1.56 bits per heavy atom. The van der Waals surface area contributed by atoms with Crippen LogP contribution in [0.2, 0.25) is 0 Å². The highest BCUT2D eigenvalue weighted by Crippen LogP contribution is 2.24. The Bertz CT molecular complexity index is 1270. The molecule has 0 N–H and O–H groups in total. The summed E-state index contributed by atoms with van der Waals surface area (Å²) in [6.07, 6.45) is 9.01. The molecule has 34 heavy (non-hydrogen) atoms. The number of rotatable bonds is 5. The highest BCUT2D eigenvalue weighted by Gasteiger charge is 2.20. The van der Waals surface area contributed by atoms with Crippen LogP contribution in [0.5, 0.6) is 0 Å². The fraction of sp³-hybridized carbons (Fsp3) is 0.179. The number of hydrogen-bond donors (Lipinski definition) is 0. The number of carbonyl (C=O) groups excluding carboxylic acids is 1. The maximum absolute atomic E-state index is 13.0. The largest absolute Gasteiger partial charge is 0.368 e. The van der Waals surface area contributed by atoms with E-state index in [4.69, 9.17) is 5.10 Å². The Hall–Kier alpha value is -4.19. The molecular formula is C28H27N5O. The zero-order valence-electron chi connectivity index (χ0n) is 19.2. The second-order valence-corrected chi connectivity index (χ2v) is 8.43. The standard InChI is InChI=1S/C28H27N5O/c1-22-7-10-25(11-8-22)31-17-19-32(20-18-31)27(34)12-9-24-21-33(26-5-3-2-4-6-26)30-28(24)23-13-15-29-16-14-23/h2-16,21H,17-20H2,1H3/b12-9+. The first-order valence-corrected chi connectivity index (χ1v) is 11.5. The van der Waals surface area contributed by atoms with Crippen molar-refractivity contribution in [3.63, 3.8) is 0 Å². The predicted octanol–water partition coefficient (Wildman–Crippen LogP) is 4.60. The number of carbonyl (C=O) groups is 1. The fourth-order valence-corrected chi connectivity index (χ4v) is 4.16. The predicted molar refractivity (Wildman–Crippen MR) is 136 cm³/mol. The molecule has 0 bridgehead atoms. The number of nitrogens with zero attached hydrogens (tertiary/aromatic N) is 5. The highest BCUT2D eigenvalue weighted by molar-refractivity contribution is 5.93. The number of para-hydroxylation sites is 1. The van der Waals surface area contributed by atoms with Crippen LogP contribution < -0.4 is 4.90 Å². The van der Waals surface area contributed by atoms with Crippen LogP contribution in [0.3, 0.4) is 0 Å². The van der Waals surface area contributed by atoms with E-state index in [-0.39, 0.29) is 5.91 Å². The van der Waals surface area contributed by atoms with Gasteiger partial charge < -0.3 is 9.80 Å². The van der Waals surface area contributed by atoms with Crippen molar-refractivity contribution in [1.82, 2.24) is 19.7 Å². The monoisotopic (exact) mass is 449 g/mol. The zero-order chi connectivity index (χ0) is 23.3. The molecule has 1 aliphatic heterocycles. The molecule has 1 fully saturated rings. The van der Waals surface area contributed by atoms with Crippen molar-refractivity contribution in [3.05, 3.63) is 103 Å². The molecule has 0 aliphatic carbocycles. The maximum atomic E-state index is 13.0. The van der Waals surface area contributed by atoms with Crippen LogP contribution in [0.25, 0.3) is 23.0 Å². The molecule has 170 valence electrons. The summed E-state index contributed by atoms with van der Waals surface area (Å²) in [6.45, 7) is 5.17. The highest BCUT2D eigenvalue weighted by atomic mass is 16.2. The van der Waals surface area contributed by atoms with E-state index in [1.807, 2.05) is 64.3 Å². The van der Waals surface area contributed by atoms with Gasteiger partial charge in [-0.1, -0.05) is 35.9 Å². The Morgan fingerprint density at radius 3 is 2.26 bits per heavy atom. The van der Waals surface area contributed by atoms with Crippen LogP contribution in [0.15, 0.2) is 91.4 Å². The van der Waals surface area contributed by atoms with Gasteiger partial charge in [-0.15, -0.1) is 0 Å². The Kier molecular flexibility index (Phi) is 6.21. The second-order valence-electron chi connectivity index (χ2n) is 8.43. The number of pyridine rings is 1. The molecule has 2 aromatic heterocycles. The summed E-state index contributed by atoms with van der Waals surface area (Å²) < 4.78 is 1.85. The van der Waals surface area contributed by atoms with E-state index < -0.39 is 0 Å². The molecular weight excluding hydrogens is 422 g/mol. The first-order chi connectivity index (χ1) is 16.7. The first-order valence-electron chi connectivity index (χ1n) is 11.5. The second kappa shape index (κ2) is 9.75.